The molecule has 2 nitrogen and oxygen atoms in total. The lowest BCUT2D eigenvalue weighted by atomic mass is 9.85. The molecule has 0 radical (unpaired) electrons. The van der Waals surface area contributed by atoms with Crippen LogP contribution >= 0.6 is 15.9 Å². The van der Waals surface area contributed by atoms with Gasteiger partial charge in [-0.05, 0) is 39.8 Å². The summed E-state index contributed by atoms with van der Waals surface area (Å²) in [5.74, 6) is 1.41. The molecule has 0 atom stereocenters. The minimum Gasteiger partial charge on any atom is -0.397 e. The fraction of sp³-hybridized carbons (Fsp3) is 0.571. The second-order valence-corrected chi connectivity index (χ2v) is 6.24. The van der Waals surface area contributed by atoms with Gasteiger partial charge in [0.05, 0.1) is 15.8 Å². The molecule has 1 aromatic carbocycles. The summed E-state index contributed by atoms with van der Waals surface area (Å²) in [5.41, 5.74) is 7.10. The van der Waals surface area contributed by atoms with Gasteiger partial charge in [0, 0.05) is 12.6 Å². The Labute approximate surface area is 117 Å². The quantitative estimate of drug-likeness (QED) is 0.784. The van der Waals surface area contributed by atoms with Crippen LogP contribution in [0.2, 0.25) is 0 Å². The lowest BCUT2D eigenvalue weighted by molar-refractivity contribution is 0.304. The van der Waals surface area contributed by atoms with Gasteiger partial charge in [0.25, 0.3) is 0 Å². The SMILES string of the molecule is CC(C)C(CNc1cc(F)c(Br)cc1N)C(C)C. The molecule has 0 saturated carbocycles. The lowest BCUT2D eigenvalue weighted by Gasteiger charge is -2.26. The molecule has 0 aromatic heterocycles. The van der Waals surface area contributed by atoms with E-state index in [1.165, 1.54) is 6.07 Å². The fourth-order valence-electron chi connectivity index (χ4n) is 2.18. The summed E-state index contributed by atoms with van der Waals surface area (Å²) in [6.07, 6.45) is 0. The van der Waals surface area contributed by atoms with Crippen LogP contribution in [0.15, 0.2) is 16.6 Å². The number of nitrogen functional groups attached to an aromatic ring is 1. The van der Waals surface area contributed by atoms with Crippen LogP contribution in [-0.2, 0) is 0 Å². The normalized spacial score (nSPS) is 11.6. The predicted octanol–water partition coefficient (Wildman–Crippen LogP) is 4.51. The number of hydrogen-bond donors (Lipinski definition) is 2. The van der Waals surface area contributed by atoms with Crippen molar-refractivity contribution >= 4 is 27.3 Å². The summed E-state index contributed by atoms with van der Waals surface area (Å²) in [7, 11) is 0. The minimum absolute atomic E-state index is 0.294. The van der Waals surface area contributed by atoms with Crippen LogP contribution in [0, 0.1) is 23.6 Å². The number of benzene rings is 1. The van der Waals surface area contributed by atoms with Gasteiger partial charge in [-0.25, -0.2) is 4.39 Å². The molecule has 0 amide bonds. The first-order valence-corrected chi connectivity index (χ1v) is 7.10. The number of nitrogens with one attached hydrogen (secondary N) is 1. The van der Waals surface area contributed by atoms with Crippen molar-refractivity contribution in [3.63, 3.8) is 0 Å². The Kier molecular flexibility index (Phi) is 5.45. The molecule has 0 bridgehead atoms. The zero-order valence-corrected chi connectivity index (χ0v) is 13.0. The summed E-state index contributed by atoms with van der Waals surface area (Å²) < 4.78 is 13.9. The van der Waals surface area contributed by atoms with Gasteiger partial charge in [-0.3, -0.25) is 0 Å². The molecule has 1 rings (SSSR count). The predicted molar refractivity (Wildman–Crippen MR) is 80.2 cm³/mol. The smallest absolute Gasteiger partial charge is 0.139 e. The molecule has 1 aromatic rings. The molecular formula is C14H22BrFN2. The molecule has 0 aliphatic carbocycles. The van der Waals surface area contributed by atoms with Crippen molar-refractivity contribution < 1.29 is 4.39 Å². The molecule has 0 saturated heterocycles. The van der Waals surface area contributed by atoms with Crippen LogP contribution in [-0.4, -0.2) is 6.54 Å². The maximum absolute atomic E-state index is 13.5. The number of halogens is 2. The first kappa shape index (κ1) is 15.3. The van der Waals surface area contributed by atoms with Crippen molar-refractivity contribution in [1.29, 1.82) is 0 Å². The van der Waals surface area contributed by atoms with Crippen LogP contribution < -0.4 is 11.1 Å². The zero-order valence-electron chi connectivity index (χ0n) is 11.4. The molecule has 18 heavy (non-hydrogen) atoms. The third-order valence-corrected chi connectivity index (χ3v) is 3.94. The first-order valence-electron chi connectivity index (χ1n) is 6.31. The Hall–Kier alpha value is -0.770. The Bertz CT molecular complexity index is 397. The Morgan fingerprint density at radius 2 is 1.78 bits per heavy atom. The Morgan fingerprint density at radius 1 is 1.22 bits per heavy atom. The van der Waals surface area contributed by atoms with Gasteiger partial charge in [-0.1, -0.05) is 27.7 Å². The van der Waals surface area contributed by atoms with Crippen molar-refractivity contribution in [2.24, 2.45) is 17.8 Å². The zero-order chi connectivity index (χ0) is 13.9. The van der Waals surface area contributed by atoms with Crippen molar-refractivity contribution in [2.75, 3.05) is 17.6 Å². The maximum Gasteiger partial charge on any atom is 0.139 e. The van der Waals surface area contributed by atoms with Gasteiger partial charge < -0.3 is 11.1 Å². The van der Waals surface area contributed by atoms with Gasteiger partial charge in [0.15, 0.2) is 0 Å². The van der Waals surface area contributed by atoms with Crippen LogP contribution in [0.4, 0.5) is 15.8 Å². The van der Waals surface area contributed by atoms with Crippen molar-refractivity contribution in [3.8, 4) is 0 Å². The van der Waals surface area contributed by atoms with E-state index in [0.717, 1.165) is 6.54 Å². The van der Waals surface area contributed by atoms with E-state index in [1.54, 1.807) is 6.07 Å². The average molecular weight is 317 g/mol. The maximum atomic E-state index is 13.5. The molecular weight excluding hydrogens is 295 g/mol. The number of hydrogen-bond acceptors (Lipinski definition) is 2. The number of anilines is 2. The lowest BCUT2D eigenvalue weighted by Crippen LogP contribution is -2.24. The summed E-state index contributed by atoms with van der Waals surface area (Å²) in [4.78, 5) is 0. The Balaban J connectivity index is 2.76. The van der Waals surface area contributed by atoms with Crippen LogP contribution in [0.1, 0.15) is 27.7 Å². The Morgan fingerprint density at radius 3 is 2.28 bits per heavy atom. The van der Waals surface area contributed by atoms with E-state index in [0.29, 0.717) is 33.6 Å². The minimum atomic E-state index is -0.294. The summed E-state index contributed by atoms with van der Waals surface area (Å²) in [6, 6.07) is 3.04. The third-order valence-electron chi connectivity index (χ3n) is 3.33. The van der Waals surface area contributed by atoms with E-state index in [4.69, 9.17) is 5.73 Å². The molecule has 0 heterocycles. The highest BCUT2D eigenvalue weighted by atomic mass is 79.9. The summed E-state index contributed by atoms with van der Waals surface area (Å²) in [5, 5.41) is 3.26. The highest BCUT2D eigenvalue weighted by Gasteiger charge is 2.17. The van der Waals surface area contributed by atoms with E-state index in [9.17, 15) is 4.39 Å². The van der Waals surface area contributed by atoms with Crippen LogP contribution in [0.3, 0.4) is 0 Å². The molecule has 4 heteroatoms. The van der Waals surface area contributed by atoms with Gasteiger partial charge >= 0.3 is 0 Å². The molecule has 3 N–H and O–H groups in total. The summed E-state index contributed by atoms with van der Waals surface area (Å²) in [6.45, 7) is 9.63. The highest BCUT2D eigenvalue weighted by Crippen LogP contribution is 2.28. The molecule has 102 valence electrons. The topological polar surface area (TPSA) is 38.0 Å². The van der Waals surface area contributed by atoms with E-state index in [-0.39, 0.29) is 5.82 Å². The van der Waals surface area contributed by atoms with E-state index >= 15 is 0 Å². The molecule has 0 spiro atoms. The van der Waals surface area contributed by atoms with Gasteiger partial charge in [-0.2, -0.15) is 0 Å². The summed E-state index contributed by atoms with van der Waals surface area (Å²) >= 11 is 3.12. The van der Waals surface area contributed by atoms with Crippen molar-refractivity contribution in [2.45, 2.75) is 27.7 Å². The average Bonchev–Trinajstić information content (AvgIpc) is 2.24. The van der Waals surface area contributed by atoms with Crippen LogP contribution in [0.25, 0.3) is 0 Å². The van der Waals surface area contributed by atoms with Crippen molar-refractivity contribution in [3.05, 3.63) is 22.4 Å². The van der Waals surface area contributed by atoms with Crippen LogP contribution in [0.5, 0.6) is 0 Å². The van der Waals surface area contributed by atoms with E-state index in [1.807, 2.05) is 0 Å². The number of nitrogens with two attached hydrogens (primary N) is 1. The second kappa shape index (κ2) is 6.41. The van der Waals surface area contributed by atoms with Crippen molar-refractivity contribution in [1.82, 2.24) is 0 Å². The van der Waals surface area contributed by atoms with E-state index in [2.05, 4.69) is 48.9 Å². The number of rotatable bonds is 5. The largest absolute Gasteiger partial charge is 0.397 e. The molecule has 0 fully saturated rings. The van der Waals surface area contributed by atoms with Gasteiger partial charge in [-0.15, -0.1) is 0 Å². The van der Waals surface area contributed by atoms with E-state index < -0.39 is 0 Å². The third kappa shape index (κ3) is 3.87. The molecule has 0 aliphatic heterocycles. The standard InChI is InChI=1S/C14H22BrFN2/c1-8(2)10(9(3)4)7-18-14-6-12(16)11(15)5-13(14)17/h5-6,8-10,18H,7,17H2,1-4H3. The first-order chi connectivity index (χ1) is 8.32. The van der Waals surface area contributed by atoms with Gasteiger partial charge in [0.1, 0.15) is 5.82 Å². The molecule has 0 aliphatic rings. The highest BCUT2D eigenvalue weighted by molar-refractivity contribution is 9.10. The molecule has 0 unspecified atom stereocenters. The second-order valence-electron chi connectivity index (χ2n) is 5.39. The monoisotopic (exact) mass is 316 g/mol. The fourth-order valence-corrected chi connectivity index (χ4v) is 2.55. The van der Waals surface area contributed by atoms with Gasteiger partial charge in [0.2, 0.25) is 0 Å².